The number of nitrogens with one attached hydrogen (secondary N) is 1. The van der Waals surface area contributed by atoms with Crippen molar-refractivity contribution in [1.29, 1.82) is 0 Å². The molecule has 0 saturated heterocycles. The van der Waals surface area contributed by atoms with Crippen molar-refractivity contribution in [3.63, 3.8) is 0 Å². The van der Waals surface area contributed by atoms with Gasteiger partial charge in [0, 0.05) is 5.56 Å². The van der Waals surface area contributed by atoms with Crippen molar-refractivity contribution in [3.8, 4) is 5.75 Å². The summed E-state index contributed by atoms with van der Waals surface area (Å²) < 4.78 is 5.64. The fourth-order valence-corrected chi connectivity index (χ4v) is 3.27. The summed E-state index contributed by atoms with van der Waals surface area (Å²) in [4.78, 5) is 24.2. The largest absolute Gasteiger partial charge is 0.493 e. The van der Waals surface area contributed by atoms with Crippen LogP contribution in [0.2, 0.25) is 0 Å². The van der Waals surface area contributed by atoms with Crippen molar-refractivity contribution < 1.29 is 14.3 Å². The molecule has 0 radical (unpaired) electrons. The zero-order valence-electron chi connectivity index (χ0n) is 14.8. The molecule has 25 heavy (non-hydrogen) atoms. The molecule has 1 aliphatic rings. The van der Waals surface area contributed by atoms with E-state index in [2.05, 4.69) is 5.43 Å². The van der Waals surface area contributed by atoms with Gasteiger partial charge in [0.25, 0.3) is 5.91 Å². The topological polar surface area (TPSA) is 58.6 Å². The predicted octanol–water partition coefficient (Wildman–Crippen LogP) is 3.24. The second-order valence-corrected chi connectivity index (χ2v) is 6.43. The Kier molecular flexibility index (Phi) is 4.74. The van der Waals surface area contributed by atoms with Crippen LogP contribution in [0.4, 0.5) is 5.69 Å². The number of benzene rings is 2. The smallest absolute Gasteiger partial charge is 0.270 e. The SMILES string of the molecule is Cc1cc(C)cc(N(C=O)NC(=O)c2ccc3c(c2C)CCCO3)c1. The van der Waals surface area contributed by atoms with Gasteiger partial charge in [-0.25, -0.2) is 5.01 Å². The Morgan fingerprint density at radius 3 is 2.56 bits per heavy atom. The Morgan fingerprint density at radius 2 is 1.88 bits per heavy atom. The van der Waals surface area contributed by atoms with Crippen molar-refractivity contribution in [1.82, 2.24) is 5.43 Å². The van der Waals surface area contributed by atoms with Crippen molar-refractivity contribution in [2.75, 3.05) is 11.6 Å². The third-order valence-corrected chi connectivity index (χ3v) is 4.44. The molecule has 1 aliphatic heterocycles. The van der Waals surface area contributed by atoms with Crippen LogP contribution in [-0.4, -0.2) is 18.9 Å². The summed E-state index contributed by atoms with van der Waals surface area (Å²) in [5.74, 6) is 0.541. The van der Waals surface area contributed by atoms with E-state index in [1.54, 1.807) is 6.07 Å². The number of ether oxygens (including phenoxy) is 1. The maximum absolute atomic E-state index is 12.7. The number of fused-ring (bicyclic) bond motifs is 1. The van der Waals surface area contributed by atoms with E-state index in [-0.39, 0.29) is 5.91 Å². The highest BCUT2D eigenvalue weighted by Gasteiger charge is 2.20. The molecule has 0 aliphatic carbocycles. The molecule has 5 heteroatoms. The number of rotatable bonds is 4. The van der Waals surface area contributed by atoms with Crippen LogP contribution >= 0.6 is 0 Å². The summed E-state index contributed by atoms with van der Waals surface area (Å²) in [7, 11) is 0. The minimum absolute atomic E-state index is 0.308. The molecule has 3 rings (SSSR count). The molecule has 0 aromatic heterocycles. The fraction of sp³-hybridized carbons (Fsp3) is 0.300. The second kappa shape index (κ2) is 6.97. The van der Waals surface area contributed by atoms with Gasteiger partial charge in [-0.2, -0.15) is 0 Å². The summed E-state index contributed by atoms with van der Waals surface area (Å²) in [5.41, 5.74) is 7.91. The normalized spacial score (nSPS) is 12.8. The third-order valence-electron chi connectivity index (χ3n) is 4.44. The fourth-order valence-electron chi connectivity index (χ4n) is 3.27. The number of carbonyl (C=O) groups is 2. The maximum Gasteiger partial charge on any atom is 0.270 e. The van der Waals surface area contributed by atoms with E-state index in [4.69, 9.17) is 4.74 Å². The lowest BCUT2D eigenvalue weighted by Gasteiger charge is -2.23. The monoisotopic (exact) mass is 338 g/mol. The predicted molar refractivity (Wildman–Crippen MR) is 96.9 cm³/mol. The van der Waals surface area contributed by atoms with Crippen LogP contribution in [0.3, 0.4) is 0 Å². The lowest BCUT2D eigenvalue weighted by molar-refractivity contribution is -0.107. The van der Waals surface area contributed by atoms with Gasteiger partial charge >= 0.3 is 0 Å². The zero-order chi connectivity index (χ0) is 18.0. The standard InChI is InChI=1S/C20H22N2O3/c1-13-9-14(2)11-16(10-13)22(12-23)21-20(24)18-6-7-19-17(15(18)3)5-4-8-25-19/h6-7,9-12H,4-5,8H2,1-3H3,(H,21,24). The van der Waals surface area contributed by atoms with E-state index >= 15 is 0 Å². The molecule has 0 saturated carbocycles. The van der Waals surface area contributed by atoms with Crippen LogP contribution in [0.1, 0.15) is 39.0 Å². The highest BCUT2D eigenvalue weighted by atomic mass is 16.5. The highest BCUT2D eigenvalue weighted by Crippen LogP contribution is 2.29. The molecule has 2 amide bonds. The van der Waals surface area contributed by atoms with Crippen molar-refractivity contribution in [3.05, 3.63) is 58.1 Å². The molecule has 130 valence electrons. The van der Waals surface area contributed by atoms with E-state index in [0.717, 1.165) is 40.8 Å². The van der Waals surface area contributed by atoms with E-state index in [1.807, 2.05) is 45.0 Å². The number of nitrogens with zero attached hydrogens (tertiary/aromatic N) is 1. The molecule has 0 unspecified atom stereocenters. The third kappa shape index (κ3) is 3.50. The van der Waals surface area contributed by atoms with E-state index in [0.29, 0.717) is 24.3 Å². The first-order chi connectivity index (χ1) is 12.0. The lowest BCUT2D eigenvalue weighted by Crippen LogP contribution is -2.42. The Morgan fingerprint density at radius 1 is 1.16 bits per heavy atom. The minimum atomic E-state index is -0.308. The van der Waals surface area contributed by atoms with Crippen molar-refractivity contribution >= 4 is 18.0 Å². The van der Waals surface area contributed by atoms with Crippen molar-refractivity contribution in [2.24, 2.45) is 0 Å². The molecule has 5 nitrogen and oxygen atoms in total. The Labute approximate surface area is 147 Å². The van der Waals surface area contributed by atoms with E-state index in [9.17, 15) is 9.59 Å². The number of carbonyl (C=O) groups excluding carboxylic acids is 2. The van der Waals surface area contributed by atoms with Crippen LogP contribution in [0.25, 0.3) is 0 Å². The van der Waals surface area contributed by atoms with Crippen molar-refractivity contribution in [2.45, 2.75) is 33.6 Å². The first kappa shape index (κ1) is 17.0. The van der Waals surface area contributed by atoms with Crippen LogP contribution in [0.15, 0.2) is 30.3 Å². The summed E-state index contributed by atoms with van der Waals surface area (Å²) in [6.07, 6.45) is 2.46. The number of hydrogen-bond donors (Lipinski definition) is 1. The zero-order valence-corrected chi connectivity index (χ0v) is 14.8. The van der Waals surface area contributed by atoms with E-state index < -0.39 is 0 Å². The first-order valence-electron chi connectivity index (χ1n) is 8.38. The summed E-state index contributed by atoms with van der Waals surface area (Å²) in [6.45, 7) is 6.54. The van der Waals surface area contributed by atoms with Gasteiger partial charge in [-0.05, 0) is 80.1 Å². The van der Waals surface area contributed by atoms with Gasteiger partial charge in [-0.1, -0.05) is 6.07 Å². The highest BCUT2D eigenvalue weighted by molar-refractivity contribution is 5.99. The van der Waals surface area contributed by atoms with Gasteiger partial charge in [-0.3, -0.25) is 15.0 Å². The van der Waals surface area contributed by atoms with Gasteiger partial charge in [0.2, 0.25) is 6.41 Å². The number of hydrogen-bond acceptors (Lipinski definition) is 3. The molecule has 2 aromatic carbocycles. The molecular formula is C20H22N2O3. The number of aryl methyl sites for hydroxylation is 2. The van der Waals surface area contributed by atoms with Gasteiger partial charge in [0.1, 0.15) is 5.75 Å². The Hall–Kier alpha value is -2.82. The maximum atomic E-state index is 12.7. The first-order valence-corrected chi connectivity index (χ1v) is 8.38. The molecule has 0 bridgehead atoms. The number of anilines is 1. The van der Waals surface area contributed by atoms with E-state index in [1.165, 1.54) is 5.01 Å². The molecule has 0 spiro atoms. The molecule has 0 fully saturated rings. The Balaban J connectivity index is 1.87. The van der Waals surface area contributed by atoms with Gasteiger partial charge in [-0.15, -0.1) is 0 Å². The second-order valence-electron chi connectivity index (χ2n) is 6.43. The number of amides is 2. The van der Waals surface area contributed by atoms with Gasteiger partial charge < -0.3 is 4.74 Å². The number of hydrazine groups is 1. The minimum Gasteiger partial charge on any atom is -0.493 e. The Bertz CT molecular complexity index is 810. The van der Waals surface area contributed by atoms with Crippen LogP contribution in [-0.2, 0) is 11.2 Å². The lowest BCUT2D eigenvalue weighted by atomic mass is 9.96. The molecule has 1 N–H and O–H groups in total. The molecule has 1 heterocycles. The van der Waals surface area contributed by atoms with Gasteiger partial charge in [0.15, 0.2) is 0 Å². The average molecular weight is 338 g/mol. The van der Waals surface area contributed by atoms with Gasteiger partial charge in [0.05, 0.1) is 12.3 Å². The van der Waals surface area contributed by atoms with Crippen LogP contribution in [0.5, 0.6) is 5.75 Å². The molecule has 2 aromatic rings. The van der Waals surface area contributed by atoms with Crippen LogP contribution < -0.4 is 15.2 Å². The molecule has 0 atom stereocenters. The summed E-state index contributed by atoms with van der Waals surface area (Å²) in [5, 5.41) is 1.22. The molecular weight excluding hydrogens is 316 g/mol. The summed E-state index contributed by atoms with van der Waals surface area (Å²) >= 11 is 0. The van der Waals surface area contributed by atoms with Crippen LogP contribution in [0, 0.1) is 20.8 Å². The quantitative estimate of drug-likeness (QED) is 0.688. The average Bonchev–Trinajstić information content (AvgIpc) is 2.59. The summed E-state index contributed by atoms with van der Waals surface area (Å²) in [6, 6.07) is 9.31.